The maximum Gasteiger partial charge on any atom is 0.116 e. The first kappa shape index (κ1) is 11.8. The fourth-order valence-corrected chi connectivity index (χ4v) is 3.09. The second-order valence-corrected chi connectivity index (χ2v) is 5.47. The van der Waals surface area contributed by atoms with Gasteiger partial charge < -0.3 is 5.11 Å². The summed E-state index contributed by atoms with van der Waals surface area (Å²) in [4.78, 5) is 2.60. The van der Waals surface area contributed by atoms with Crippen molar-refractivity contribution < 1.29 is 5.11 Å². The maximum atomic E-state index is 9.54. The number of hydrogen-bond acceptors (Lipinski definition) is 2. The van der Waals surface area contributed by atoms with E-state index in [1.54, 1.807) is 11.6 Å². The molecular formula is C16H21NO. The summed E-state index contributed by atoms with van der Waals surface area (Å²) in [6, 6.07) is 8.25. The average molecular weight is 243 g/mol. The van der Waals surface area contributed by atoms with Crippen molar-refractivity contribution in [3.63, 3.8) is 0 Å². The van der Waals surface area contributed by atoms with Crippen molar-refractivity contribution in [3.05, 3.63) is 35.4 Å². The Hall–Kier alpha value is -1.28. The first-order valence-electron chi connectivity index (χ1n) is 7.06. The average Bonchev–Trinajstić information content (AvgIpc) is 2.29. The van der Waals surface area contributed by atoms with Gasteiger partial charge in [0.25, 0.3) is 0 Å². The smallest absolute Gasteiger partial charge is 0.116 e. The van der Waals surface area contributed by atoms with Gasteiger partial charge >= 0.3 is 0 Å². The SMILES string of the molecule is Oc1cccc(/C=C2\CCCC[C@@H]2N2CCC2)c1. The molecule has 0 bridgehead atoms. The van der Waals surface area contributed by atoms with Crippen LogP contribution in [0.4, 0.5) is 0 Å². The van der Waals surface area contributed by atoms with Crippen LogP contribution in [0, 0.1) is 0 Å². The maximum absolute atomic E-state index is 9.54. The van der Waals surface area contributed by atoms with Crippen molar-refractivity contribution in [2.24, 2.45) is 0 Å². The molecule has 1 N–H and O–H groups in total. The first-order valence-corrected chi connectivity index (χ1v) is 7.06. The molecule has 1 heterocycles. The molecule has 1 aromatic rings. The van der Waals surface area contributed by atoms with Crippen molar-refractivity contribution in [3.8, 4) is 5.75 Å². The van der Waals surface area contributed by atoms with Gasteiger partial charge in [-0.3, -0.25) is 4.90 Å². The number of rotatable bonds is 2. The highest BCUT2D eigenvalue weighted by molar-refractivity contribution is 5.56. The lowest BCUT2D eigenvalue weighted by atomic mass is 9.86. The molecule has 1 aliphatic heterocycles. The minimum atomic E-state index is 0.362. The molecule has 0 aromatic heterocycles. The highest BCUT2D eigenvalue weighted by atomic mass is 16.3. The zero-order chi connectivity index (χ0) is 12.4. The second-order valence-electron chi connectivity index (χ2n) is 5.47. The largest absolute Gasteiger partial charge is 0.508 e. The molecule has 2 aliphatic rings. The van der Waals surface area contributed by atoms with Crippen LogP contribution in [0.5, 0.6) is 5.75 Å². The molecule has 1 aliphatic carbocycles. The number of hydrogen-bond donors (Lipinski definition) is 1. The van der Waals surface area contributed by atoms with Gasteiger partial charge in [0.15, 0.2) is 0 Å². The lowest BCUT2D eigenvalue weighted by Gasteiger charge is -2.42. The van der Waals surface area contributed by atoms with Crippen LogP contribution in [0.15, 0.2) is 29.8 Å². The molecule has 2 heteroatoms. The molecule has 2 fully saturated rings. The van der Waals surface area contributed by atoms with Crippen LogP contribution in [0.3, 0.4) is 0 Å². The van der Waals surface area contributed by atoms with Gasteiger partial charge in [0.05, 0.1) is 0 Å². The predicted molar refractivity (Wildman–Crippen MR) is 74.5 cm³/mol. The Morgan fingerprint density at radius 2 is 2.06 bits per heavy atom. The molecule has 2 nitrogen and oxygen atoms in total. The molecule has 1 atom stereocenters. The number of aromatic hydroxyl groups is 1. The topological polar surface area (TPSA) is 23.5 Å². The van der Waals surface area contributed by atoms with Gasteiger partial charge in [-0.25, -0.2) is 0 Å². The van der Waals surface area contributed by atoms with E-state index >= 15 is 0 Å². The zero-order valence-electron chi connectivity index (χ0n) is 10.8. The third-order valence-electron chi connectivity index (χ3n) is 4.17. The molecule has 0 unspecified atom stereocenters. The summed E-state index contributed by atoms with van der Waals surface area (Å²) in [5, 5.41) is 9.54. The Kier molecular flexibility index (Phi) is 3.37. The Bertz CT molecular complexity index is 448. The van der Waals surface area contributed by atoms with E-state index < -0.39 is 0 Å². The van der Waals surface area contributed by atoms with Crippen molar-refractivity contribution >= 4 is 6.08 Å². The van der Waals surface area contributed by atoms with Gasteiger partial charge in [-0.1, -0.05) is 30.2 Å². The van der Waals surface area contributed by atoms with Gasteiger partial charge in [-0.05, 0) is 56.5 Å². The van der Waals surface area contributed by atoms with Crippen LogP contribution in [-0.4, -0.2) is 29.1 Å². The lowest BCUT2D eigenvalue weighted by molar-refractivity contribution is 0.121. The van der Waals surface area contributed by atoms with Gasteiger partial charge in [-0.2, -0.15) is 0 Å². The molecule has 0 spiro atoms. The fraction of sp³-hybridized carbons (Fsp3) is 0.500. The third-order valence-corrected chi connectivity index (χ3v) is 4.17. The van der Waals surface area contributed by atoms with Crippen molar-refractivity contribution in [1.82, 2.24) is 4.90 Å². The van der Waals surface area contributed by atoms with Crippen molar-refractivity contribution in [2.75, 3.05) is 13.1 Å². The summed E-state index contributed by atoms with van der Waals surface area (Å²) in [5.74, 6) is 0.362. The number of benzene rings is 1. The summed E-state index contributed by atoms with van der Waals surface area (Å²) >= 11 is 0. The van der Waals surface area contributed by atoms with E-state index in [-0.39, 0.29) is 0 Å². The van der Waals surface area contributed by atoms with Crippen LogP contribution in [0.1, 0.15) is 37.7 Å². The molecule has 1 aromatic carbocycles. The number of phenols is 1. The van der Waals surface area contributed by atoms with Crippen LogP contribution in [0.25, 0.3) is 6.08 Å². The summed E-state index contributed by atoms with van der Waals surface area (Å²) in [6.45, 7) is 2.53. The van der Waals surface area contributed by atoms with E-state index in [4.69, 9.17) is 0 Å². The summed E-state index contributed by atoms with van der Waals surface area (Å²) in [6.07, 6.45) is 8.85. The number of nitrogens with zero attached hydrogens (tertiary/aromatic N) is 1. The molecule has 0 amide bonds. The van der Waals surface area contributed by atoms with E-state index in [1.165, 1.54) is 45.2 Å². The van der Waals surface area contributed by atoms with E-state index in [0.29, 0.717) is 11.8 Å². The minimum absolute atomic E-state index is 0.362. The fourth-order valence-electron chi connectivity index (χ4n) is 3.09. The Balaban J connectivity index is 1.82. The predicted octanol–water partition coefficient (Wildman–Crippen LogP) is 3.42. The van der Waals surface area contributed by atoms with Gasteiger partial charge in [0, 0.05) is 6.04 Å². The lowest BCUT2D eigenvalue weighted by Crippen LogP contribution is -2.46. The molecule has 3 rings (SSSR count). The third kappa shape index (κ3) is 2.44. The van der Waals surface area contributed by atoms with Crippen molar-refractivity contribution in [2.45, 2.75) is 38.1 Å². The molecule has 18 heavy (non-hydrogen) atoms. The molecule has 1 saturated heterocycles. The van der Waals surface area contributed by atoms with Gasteiger partial charge in [0.1, 0.15) is 5.75 Å². The van der Waals surface area contributed by atoms with Crippen molar-refractivity contribution in [1.29, 1.82) is 0 Å². The standard InChI is InChI=1S/C16H21NO/c18-15-7-3-5-13(12-15)11-14-6-1-2-8-16(14)17-9-4-10-17/h3,5,7,11-12,16,18H,1-2,4,6,8-10H2/b14-11+/t16-/m0/s1. The monoisotopic (exact) mass is 243 g/mol. The minimum Gasteiger partial charge on any atom is -0.508 e. The molecular weight excluding hydrogens is 222 g/mol. The highest BCUT2D eigenvalue weighted by Gasteiger charge is 2.28. The molecule has 96 valence electrons. The van der Waals surface area contributed by atoms with E-state index in [1.807, 2.05) is 12.1 Å². The molecule has 1 saturated carbocycles. The Morgan fingerprint density at radius 3 is 2.78 bits per heavy atom. The van der Waals surface area contributed by atoms with Crippen LogP contribution >= 0.6 is 0 Å². The summed E-state index contributed by atoms with van der Waals surface area (Å²) < 4.78 is 0. The quantitative estimate of drug-likeness (QED) is 0.860. The highest BCUT2D eigenvalue weighted by Crippen LogP contribution is 2.32. The van der Waals surface area contributed by atoms with Crippen LogP contribution in [-0.2, 0) is 0 Å². The van der Waals surface area contributed by atoms with E-state index in [0.717, 1.165) is 5.56 Å². The van der Waals surface area contributed by atoms with Gasteiger partial charge in [0.2, 0.25) is 0 Å². The molecule has 0 radical (unpaired) electrons. The van der Waals surface area contributed by atoms with E-state index in [2.05, 4.69) is 17.0 Å². The normalized spacial score (nSPS) is 27.1. The summed E-state index contributed by atoms with van der Waals surface area (Å²) in [5.41, 5.74) is 2.70. The van der Waals surface area contributed by atoms with Crippen LogP contribution < -0.4 is 0 Å². The van der Waals surface area contributed by atoms with Crippen LogP contribution in [0.2, 0.25) is 0 Å². The number of likely N-dealkylation sites (tertiary alicyclic amines) is 1. The second kappa shape index (κ2) is 5.15. The zero-order valence-corrected chi connectivity index (χ0v) is 10.8. The first-order chi connectivity index (χ1) is 8.83. The van der Waals surface area contributed by atoms with Gasteiger partial charge in [-0.15, -0.1) is 0 Å². The number of phenolic OH excluding ortho intramolecular Hbond substituents is 1. The summed E-state index contributed by atoms with van der Waals surface area (Å²) in [7, 11) is 0. The Morgan fingerprint density at radius 1 is 1.17 bits per heavy atom. The van der Waals surface area contributed by atoms with E-state index in [9.17, 15) is 5.11 Å². The Labute approximate surface area is 109 Å².